The molecule has 0 aliphatic heterocycles. The van der Waals surface area contributed by atoms with E-state index in [2.05, 4.69) is 21.6 Å². The molecule has 1 N–H and O–H groups in total. The molecule has 1 aliphatic carbocycles. The van der Waals surface area contributed by atoms with Crippen LogP contribution < -0.4 is 0 Å². The highest BCUT2D eigenvalue weighted by Crippen LogP contribution is 2.35. The van der Waals surface area contributed by atoms with Gasteiger partial charge in [0.05, 0.1) is 17.3 Å². The number of hydrogen-bond acceptors (Lipinski definition) is 5. The maximum Gasteiger partial charge on any atom is 0.305 e. The van der Waals surface area contributed by atoms with Gasteiger partial charge in [0.2, 0.25) is 0 Å². The molecule has 0 bridgehead atoms. The molecule has 2 aromatic heterocycles. The molecule has 106 valence electrons. The van der Waals surface area contributed by atoms with Gasteiger partial charge < -0.3 is 5.11 Å². The van der Waals surface area contributed by atoms with Crippen LogP contribution in [0.5, 0.6) is 0 Å². The SMILES string of the molecule is CC(CC(=O)O)n1nnnc1-c1cc2c(s1)CCCC2. The zero-order valence-electron chi connectivity index (χ0n) is 11.2. The molecule has 0 saturated heterocycles. The van der Waals surface area contributed by atoms with E-state index in [-0.39, 0.29) is 12.5 Å². The number of tetrazole rings is 1. The van der Waals surface area contributed by atoms with Crippen LogP contribution in [0.15, 0.2) is 6.07 Å². The fourth-order valence-corrected chi connectivity index (χ4v) is 3.82. The molecule has 20 heavy (non-hydrogen) atoms. The standard InChI is InChI=1S/C13H16N4O2S/c1-8(6-12(18)19)17-13(14-15-16-17)11-7-9-4-2-3-5-10(9)20-11/h7-8H,2-6H2,1H3,(H,18,19). The van der Waals surface area contributed by atoms with Gasteiger partial charge in [-0.1, -0.05) is 0 Å². The van der Waals surface area contributed by atoms with Gasteiger partial charge in [0.25, 0.3) is 0 Å². The van der Waals surface area contributed by atoms with E-state index in [0.29, 0.717) is 5.82 Å². The molecule has 1 atom stereocenters. The Hall–Kier alpha value is -1.76. The van der Waals surface area contributed by atoms with Crippen molar-refractivity contribution in [3.63, 3.8) is 0 Å². The molecule has 6 nitrogen and oxygen atoms in total. The van der Waals surface area contributed by atoms with Crippen molar-refractivity contribution >= 4 is 17.3 Å². The van der Waals surface area contributed by atoms with Gasteiger partial charge in [-0.05, 0) is 54.7 Å². The van der Waals surface area contributed by atoms with Gasteiger partial charge in [-0.3, -0.25) is 4.79 Å². The number of carboxylic acid groups (broad SMARTS) is 1. The normalized spacial score (nSPS) is 15.8. The minimum Gasteiger partial charge on any atom is -0.481 e. The summed E-state index contributed by atoms with van der Waals surface area (Å²) in [5.74, 6) is -0.164. The summed E-state index contributed by atoms with van der Waals surface area (Å²) in [6, 6.07) is 1.91. The lowest BCUT2D eigenvalue weighted by atomic mass is 9.99. The molecule has 1 unspecified atom stereocenters. The minimum atomic E-state index is -0.843. The van der Waals surface area contributed by atoms with Crippen LogP contribution in [0.4, 0.5) is 0 Å². The van der Waals surface area contributed by atoms with E-state index in [9.17, 15) is 4.79 Å². The van der Waals surface area contributed by atoms with Crippen molar-refractivity contribution in [2.24, 2.45) is 0 Å². The molecule has 0 spiro atoms. The number of carboxylic acids is 1. The molecule has 2 heterocycles. The maximum absolute atomic E-state index is 10.8. The van der Waals surface area contributed by atoms with Gasteiger partial charge in [-0.25, -0.2) is 4.68 Å². The zero-order valence-corrected chi connectivity index (χ0v) is 12.1. The zero-order chi connectivity index (χ0) is 14.1. The third-order valence-electron chi connectivity index (χ3n) is 3.60. The van der Waals surface area contributed by atoms with Crippen LogP contribution in [0.2, 0.25) is 0 Å². The highest BCUT2D eigenvalue weighted by Gasteiger charge is 2.21. The highest BCUT2D eigenvalue weighted by molar-refractivity contribution is 7.15. The molecule has 0 amide bonds. The number of nitrogens with zero attached hydrogens (tertiary/aromatic N) is 4. The lowest BCUT2D eigenvalue weighted by Gasteiger charge is -2.09. The van der Waals surface area contributed by atoms with Gasteiger partial charge in [0.1, 0.15) is 0 Å². The van der Waals surface area contributed by atoms with E-state index >= 15 is 0 Å². The number of aryl methyl sites for hydroxylation is 2. The quantitative estimate of drug-likeness (QED) is 0.935. The van der Waals surface area contributed by atoms with E-state index in [1.807, 2.05) is 6.92 Å². The number of hydrogen-bond donors (Lipinski definition) is 1. The van der Waals surface area contributed by atoms with Crippen molar-refractivity contribution in [1.82, 2.24) is 20.2 Å². The second kappa shape index (κ2) is 5.32. The van der Waals surface area contributed by atoms with Crippen LogP contribution in [-0.2, 0) is 17.6 Å². The predicted octanol–water partition coefficient (Wildman–Crippen LogP) is 2.32. The van der Waals surface area contributed by atoms with Gasteiger partial charge in [0, 0.05) is 4.88 Å². The van der Waals surface area contributed by atoms with Crippen molar-refractivity contribution in [1.29, 1.82) is 0 Å². The minimum absolute atomic E-state index is 0.0170. The molecule has 7 heteroatoms. The average Bonchev–Trinajstić information content (AvgIpc) is 3.04. The lowest BCUT2D eigenvalue weighted by Crippen LogP contribution is -2.13. The summed E-state index contributed by atoms with van der Waals surface area (Å²) >= 11 is 1.73. The summed E-state index contributed by atoms with van der Waals surface area (Å²) in [7, 11) is 0. The lowest BCUT2D eigenvalue weighted by molar-refractivity contribution is -0.137. The Labute approximate surface area is 120 Å². The van der Waals surface area contributed by atoms with Crippen LogP contribution in [0.25, 0.3) is 10.7 Å². The Balaban J connectivity index is 1.92. The third kappa shape index (κ3) is 2.45. The topological polar surface area (TPSA) is 80.9 Å². The van der Waals surface area contributed by atoms with Crippen molar-refractivity contribution in [2.45, 2.75) is 45.1 Å². The fourth-order valence-electron chi connectivity index (χ4n) is 2.59. The second-order valence-corrected chi connectivity index (χ2v) is 6.30. The first-order valence-electron chi connectivity index (χ1n) is 6.77. The van der Waals surface area contributed by atoms with Gasteiger partial charge in [-0.2, -0.15) is 0 Å². The number of rotatable bonds is 4. The molecule has 0 fully saturated rings. The molecular weight excluding hydrogens is 276 g/mol. The summed E-state index contributed by atoms with van der Waals surface area (Å²) in [5, 5.41) is 20.6. The number of aliphatic carboxylic acids is 1. The van der Waals surface area contributed by atoms with Gasteiger partial charge in [0.15, 0.2) is 5.82 Å². The first kappa shape index (κ1) is 13.2. The summed E-state index contributed by atoms with van der Waals surface area (Å²) in [6.07, 6.45) is 4.75. The van der Waals surface area contributed by atoms with E-state index in [4.69, 9.17) is 5.11 Å². The van der Waals surface area contributed by atoms with E-state index < -0.39 is 5.97 Å². The summed E-state index contributed by atoms with van der Waals surface area (Å²) in [6.45, 7) is 1.82. The molecule has 0 saturated carbocycles. The largest absolute Gasteiger partial charge is 0.481 e. The molecule has 1 aliphatic rings. The molecule has 0 aromatic carbocycles. The Morgan fingerprint density at radius 1 is 1.50 bits per heavy atom. The molecular formula is C13H16N4O2S. The fraction of sp³-hybridized carbons (Fsp3) is 0.538. The molecule has 2 aromatic rings. The van der Waals surface area contributed by atoms with Crippen LogP contribution in [0.1, 0.15) is 42.7 Å². The van der Waals surface area contributed by atoms with Gasteiger partial charge in [-0.15, -0.1) is 16.4 Å². The first-order chi connectivity index (χ1) is 9.65. The Bertz CT molecular complexity index is 611. The third-order valence-corrected chi connectivity index (χ3v) is 4.83. The Morgan fingerprint density at radius 2 is 2.30 bits per heavy atom. The molecule has 3 rings (SSSR count). The number of carbonyl (C=O) groups is 1. The summed E-state index contributed by atoms with van der Waals surface area (Å²) < 4.78 is 1.62. The van der Waals surface area contributed by atoms with Crippen molar-refractivity contribution in [3.8, 4) is 10.7 Å². The van der Waals surface area contributed by atoms with E-state index in [1.54, 1.807) is 16.0 Å². The molecule has 0 radical (unpaired) electrons. The number of fused-ring (bicyclic) bond motifs is 1. The highest BCUT2D eigenvalue weighted by atomic mass is 32.1. The Morgan fingerprint density at radius 3 is 3.05 bits per heavy atom. The second-order valence-electron chi connectivity index (χ2n) is 5.16. The first-order valence-corrected chi connectivity index (χ1v) is 7.58. The van der Waals surface area contributed by atoms with Crippen LogP contribution >= 0.6 is 11.3 Å². The van der Waals surface area contributed by atoms with Crippen LogP contribution in [0.3, 0.4) is 0 Å². The van der Waals surface area contributed by atoms with Gasteiger partial charge >= 0.3 is 5.97 Å². The van der Waals surface area contributed by atoms with E-state index in [1.165, 1.54) is 23.3 Å². The number of thiophene rings is 1. The average molecular weight is 292 g/mol. The van der Waals surface area contributed by atoms with E-state index in [0.717, 1.165) is 17.7 Å². The van der Waals surface area contributed by atoms with Crippen molar-refractivity contribution in [2.75, 3.05) is 0 Å². The summed E-state index contributed by atoms with van der Waals surface area (Å²) in [4.78, 5) is 13.3. The number of aromatic nitrogens is 4. The monoisotopic (exact) mass is 292 g/mol. The predicted molar refractivity (Wildman–Crippen MR) is 74.7 cm³/mol. The summed E-state index contributed by atoms with van der Waals surface area (Å²) in [5.41, 5.74) is 1.40. The van der Waals surface area contributed by atoms with Crippen LogP contribution in [0, 0.1) is 0 Å². The smallest absolute Gasteiger partial charge is 0.305 e. The maximum atomic E-state index is 10.8. The van der Waals surface area contributed by atoms with Crippen molar-refractivity contribution in [3.05, 3.63) is 16.5 Å². The van der Waals surface area contributed by atoms with Crippen molar-refractivity contribution < 1.29 is 9.90 Å². The van der Waals surface area contributed by atoms with Crippen LogP contribution in [-0.4, -0.2) is 31.3 Å². The Kier molecular flexibility index (Phi) is 3.52.